The van der Waals surface area contributed by atoms with Crippen molar-refractivity contribution in [3.8, 4) is 5.75 Å². The van der Waals surface area contributed by atoms with Crippen LogP contribution in [0.15, 0.2) is 24.4 Å². The summed E-state index contributed by atoms with van der Waals surface area (Å²) in [6.07, 6.45) is 1.01. The van der Waals surface area contributed by atoms with Crippen LogP contribution in [0.4, 0.5) is 0 Å². The van der Waals surface area contributed by atoms with Gasteiger partial charge in [0.2, 0.25) is 0 Å². The fourth-order valence-electron chi connectivity index (χ4n) is 2.04. The number of hydrogen-bond acceptors (Lipinski definition) is 6. The molecule has 0 aliphatic carbocycles. The van der Waals surface area contributed by atoms with Crippen LogP contribution >= 0.6 is 23.2 Å². The van der Waals surface area contributed by atoms with Crippen LogP contribution in [-0.4, -0.2) is 32.2 Å². The zero-order valence-electron chi connectivity index (χ0n) is 12.6. The van der Waals surface area contributed by atoms with Gasteiger partial charge in [-0.05, 0) is 17.7 Å². The molecule has 0 saturated heterocycles. The largest absolute Gasteiger partial charge is 0.505 e. The molecule has 2 aromatic rings. The number of amides is 2. The first-order valence-corrected chi connectivity index (χ1v) is 7.62. The predicted octanol–water partition coefficient (Wildman–Crippen LogP) is 1.64. The maximum atomic E-state index is 12.3. The first kappa shape index (κ1) is 18.9. The molecule has 2 rings (SSSR count). The van der Waals surface area contributed by atoms with E-state index in [0.717, 1.165) is 6.20 Å². The Kier molecular flexibility index (Phi) is 6.16. The summed E-state index contributed by atoms with van der Waals surface area (Å²) in [5.74, 6) is -2.40. The Hall–Kier alpha value is -2.39. The third kappa shape index (κ3) is 4.18. The lowest BCUT2D eigenvalue weighted by atomic mass is 10.1. The number of pyridine rings is 1. The molecule has 0 spiro atoms. The van der Waals surface area contributed by atoms with E-state index in [-0.39, 0.29) is 17.7 Å². The van der Waals surface area contributed by atoms with Crippen LogP contribution in [0.5, 0.6) is 5.75 Å². The Labute approximate surface area is 152 Å². The van der Waals surface area contributed by atoms with E-state index in [1.165, 1.54) is 5.48 Å². The zero-order valence-corrected chi connectivity index (χ0v) is 14.1. The van der Waals surface area contributed by atoms with Crippen molar-refractivity contribution >= 4 is 35.0 Å². The molecule has 0 radical (unpaired) electrons. The molecule has 2 amide bonds. The Bertz CT molecular complexity index is 829. The monoisotopic (exact) mass is 385 g/mol. The van der Waals surface area contributed by atoms with Gasteiger partial charge in [-0.1, -0.05) is 29.3 Å². The molecule has 8 nitrogen and oxygen atoms in total. The molecule has 1 aromatic carbocycles. The number of nitrogens with one attached hydrogen (secondary N) is 2. The van der Waals surface area contributed by atoms with Crippen molar-refractivity contribution in [1.82, 2.24) is 15.8 Å². The molecule has 25 heavy (non-hydrogen) atoms. The van der Waals surface area contributed by atoms with Crippen LogP contribution in [0.1, 0.15) is 32.0 Å². The number of carbonyl (C=O) groups excluding carboxylic acids is 2. The lowest BCUT2D eigenvalue weighted by Gasteiger charge is -2.12. The van der Waals surface area contributed by atoms with Gasteiger partial charge in [0.05, 0.1) is 22.2 Å². The van der Waals surface area contributed by atoms with E-state index in [1.807, 2.05) is 0 Å². The smallest absolute Gasteiger partial charge is 0.297 e. The number of aliphatic hydroxyl groups excluding tert-OH is 1. The fourth-order valence-corrected chi connectivity index (χ4v) is 2.36. The molecule has 10 heteroatoms. The van der Waals surface area contributed by atoms with Gasteiger partial charge in [0.15, 0.2) is 11.4 Å². The van der Waals surface area contributed by atoms with Gasteiger partial charge in [0, 0.05) is 18.3 Å². The van der Waals surface area contributed by atoms with Gasteiger partial charge in [0.1, 0.15) is 0 Å². The number of rotatable bonds is 5. The van der Waals surface area contributed by atoms with Crippen molar-refractivity contribution in [3.05, 3.63) is 56.8 Å². The number of aromatic nitrogens is 1. The molecule has 0 unspecified atom stereocenters. The van der Waals surface area contributed by atoms with E-state index in [9.17, 15) is 19.8 Å². The Morgan fingerprint density at radius 1 is 1.16 bits per heavy atom. The minimum Gasteiger partial charge on any atom is -0.505 e. The van der Waals surface area contributed by atoms with Gasteiger partial charge in [-0.15, -0.1) is 0 Å². The number of hydrogen-bond donors (Lipinski definition) is 5. The van der Waals surface area contributed by atoms with Crippen molar-refractivity contribution in [3.63, 3.8) is 0 Å². The van der Waals surface area contributed by atoms with Crippen LogP contribution in [0.3, 0.4) is 0 Å². The van der Waals surface area contributed by atoms with Crippen molar-refractivity contribution in [1.29, 1.82) is 0 Å². The summed E-state index contributed by atoms with van der Waals surface area (Å²) in [4.78, 5) is 27.3. The van der Waals surface area contributed by atoms with E-state index >= 15 is 0 Å². The summed E-state index contributed by atoms with van der Waals surface area (Å²) in [7, 11) is 0. The molecule has 0 fully saturated rings. The molecular weight excluding hydrogens is 373 g/mol. The maximum Gasteiger partial charge on any atom is 0.297 e. The average molecular weight is 386 g/mol. The lowest BCUT2D eigenvalue weighted by Crippen LogP contribution is -2.26. The Balaban J connectivity index is 2.22. The van der Waals surface area contributed by atoms with E-state index in [4.69, 9.17) is 28.4 Å². The summed E-state index contributed by atoms with van der Waals surface area (Å²) in [5.41, 5.74) is 1.16. The summed E-state index contributed by atoms with van der Waals surface area (Å²) >= 11 is 11.7. The summed E-state index contributed by atoms with van der Waals surface area (Å²) in [6.45, 7) is -0.601. The predicted molar refractivity (Wildman–Crippen MR) is 88.7 cm³/mol. The SMILES string of the molecule is O=C(NCc1ccc(Cl)c(Cl)c1)c1cnc(C(=O)NO)c(O)c1CO. The van der Waals surface area contributed by atoms with Crippen LogP contribution in [-0.2, 0) is 13.2 Å². The maximum absolute atomic E-state index is 12.3. The molecule has 0 atom stereocenters. The molecule has 0 aliphatic heterocycles. The van der Waals surface area contributed by atoms with Crippen molar-refractivity contribution in [2.24, 2.45) is 0 Å². The molecule has 132 valence electrons. The molecule has 0 aliphatic rings. The van der Waals surface area contributed by atoms with Crippen LogP contribution < -0.4 is 10.8 Å². The van der Waals surface area contributed by atoms with Crippen LogP contribution in [0, 0.1) is 0 Å². The van der Waals surface area contributed by atoms with Gasteiger partial charge in [-0.3, -0.25) is 14.8 Å². The third-order valence-electron chi connectivity index (χ3n) is 3.31. The standard InChI is InChI=1S/C15H13Cl2N3O5/c16-10-2-1-7(3-11(10)17)4-19-14(23)8-5-18-12(15(24)20-25)13(22)9(8)6-21/h1-3,5,21-22,25H,4,6H2,(H,19,23)(H,20,24). The molecular formula is C15H13Cl2N3O5. The van der Waals surface area contributed by atoms with Crippen molar-refractivity contribution < 1.29 is 25.0 Å². The summed E-state index contributed by atoms with van der Waals surface area (Å²) in [6, 6.07) is 4.84. The summed E-state index contributed by atoms with van der Waals surface area (Å²) < 4.78 is 0. The first-order valence-electron chi connectivity index (χ1n) is 6.87. The number of nitrogens with zero attached hydrogens (tertiary/aromatic N) is 1. The molecule has 1 aromatic heterocycles. The van der Waals surface area contributed by atoms with Gasteiger partial charge >= 0.3 is 0 Å². The summed E-state index contributed by atoms with van der Waals surface area (Å²) in [5, 5.41) is 31.2. The van der Waals surface area contributed by atoms with Gasteiger partial charge in [-0.25, -0.2) is 10.5 Å². The second-order valence-electron chi connectivity index (χ2n) is 4.88. The normalized spacial score (nSPS) is 10.4. The molecule has 0 saturated carbocycles. The third-order valence-corrected chi connectivity index (χ3v) is 4.05. The molecule has 5 N–H and O–H groups in total. The fraction of sp³-hybridized carbons (Fsp3) is 0.133. The molecule has 1 heterocycles. The number of hydroxylamine groups is 1. The minimum atomic E-state index is -1.07. The van der Waals surface area contributed by atoms with Crippen molar-refractivity contribution in [2.45, 2.75) is 13.2 Å². The van der Waals surface area contributed by atoms with Crippen molar-refractivity contribution in [2.75, 3.05) is 0 Å². The number of carbonyl (C=O) groups is 2. The lowest BCUT2D eigenvalue weighted by molar-refractivity contribution is 0.0696. The highest BCUT2D eigenvalue weighted by molar-refractivity contribution is 6.42. The average Bonchev–Trinajstić information content (AvgIpc) is 2.61. The quantitative estimate of drug-likeness (QED) is 0.392. The number of halogens is 2. The highest BCUT2D eigenvalue weighted by Crippen LogP contribution is 2.25. The number of aliphatic hydroxyl groups is 1. The highest BCUT2D eigenvalue weighted by atomic mass is 35.5. The van der Waals surface area contributed by atoms with Crippen LogP contribution in [0.25, 0.3) is 0 Å². The second-order valence-corrected chi connectivity index (χ2v) is 5.69. The Morgan fingerprint density at radius 3 is 2.48 bits per heavy atom. The van der Waals surface area contributed by atoms with Gasteiger partial charge < -0.3 is 15.5 Å². The van der Waals surface area contributed by atoms with Gasteiger partial charge in [-0.2, -0.15) is 0 Å². The number of benzene rings is 1. The van der Waals surface area contributed by atoms with E-state index in [1.54, 1.807) is 18.2 Å². The topological polar surface area (TPSA) is 132 Å². The molecule has 0 bridgehead atoms. The highest BCUT2D eigenvalue weighted by Gasteiger charge is 2.22. The van der Waals surface area contributed by atoms with E-state index < -0.39 is 29.9 Å². The van der Waals surface area contributed by atoms with Gasteiger partial charge in [0.25, 0.3) is 11.8 Å². The van der Waals surface area contributed by atoms with E-state index in [0.29, 0.717) is 15.6 Å². The van der Waals surface area contributed by atoms with E-state index in [2.05, 4.69) is 10.3 Å². The second kappa shape index (κ2) is 8.13. The van der Waals surface area contributed by atoms with Crippen LogP contribution in [0.2, 0.25) is 10.0 Å². The number of aromatic hydroxyl groups is 1. The Morgan fingerprint density at radius 2 is 1.88 bits per heavy atom. The first-order chi connectivity index (χ1) is 11.9. The zero-order chi connectivity index (χ0) is 18.6. The minimum absolute atomic E-state index is 0.111.